The van der Waals surface area contributed by atoms with E-state index in [2.05, 4.69) is 10.6 Å². The Balaban J connectivity index is 2.00. The first-order chi connectivity index (χ1) is 14.8. The van der Waals surface area contributed by atoms with Gasteiger partial charge in [-0.15, -0.1) is 0 Å². The second-order valence-corrected chi connectivity index (χ2v) is 7.56. The Labute approximate surface area is 192 Å². The quantitative estimate of drug-likeness (QED) is 0.514. The third-order valence-corrected chi connectivity index (χ3v) is 5.35. The third-order valence-electron chi connectivity index (χ3n) is 4.53. The summed E-state index contributed by atoms with van der Waals surface area (Å²) in [7, 11) is 3.14. The van der Waals surface area contributed by atoms with E-state index in [1.807, 2.05) is 13.0 Å². The summed E-state index contributed by atoms with van der Waals surface area (Å²) >= 11 is 12.0. The first kappa shape index (κ1) is 24.8. The fraction of sp³-hybridized carbons (Fsp3) is 0.364. The fourth-order valence-corrected chi connectivity index (χ4v) is 3.13. The van der Waals surface area contributed by atoms with Crippen LogP contribution in [0.1, 0.15) is 35.8 Å². The van der Waals surface area contributed by atoms with Crippen molar-refractivity contribution in [1.29, 1.82) is 0 Å². The van der Waals surface area contributed by atoms with Gasteiger partial charge in [-0.05, 0) is 43.7 Å². The molecule has 2 atom stereocenters. The van der Waals surface area contributed by atoms with Gasteiger partial charge in [-0.25, -0.2) is 0 Å². The molecule has 2 aromatic rings. The molecule has 0 heterocycles. The van der Waals surface area contributed by atoms with E-state index >= 15 is 0 Å². The molecule has 0 aliphatic rings. The predicted molar refractivity (Wildman–Crippen MR) is 120 cm³/mol. The van der Waals surface area contributed by atoms with Crippen LogP contribution in [0.4, 0.5) is 0 Å². The zero-order valence-electron chi connectivity index (χ0n) is 17.8. The lowest BCUT2D eigenvalue weighted by molar-refractivity contribution is -0.123. The first-order valence-electron chi connectivity index (χ1n) is 9.63. The number of carbonyl (C=O) groups excluding carboxylic acids is 2. The van der Waals surface area contributed by atoms with E-state index in [9.17, 15) is 9.59 Å². The summed E-state index contributed by atoms with van der Waals surface area (Å²) in [5.74, 6) is 0.299. The standard InChI is InChI=1S/C22H26Cl2N2O5/c1-13(15-8-9-18(19(12-15)30-4)31-11-10-29-3)25-21(27)14(2)26-22(28)16-6-5-7-17(23)20(16)24/h5-9,12-14H,10-11H2,1-4H3,(H,25,27)(H,26,28). The topological polar surface area (TPSA) is 85.9 Å². The van der Waals surface area contributed by atoms with Gasteiger partial charge < -0.3 is 24.8 Å². The van der Waals surface area contributed by atoms with Gasteiger partial charge in [0.15, 0.2) is 11.5 Å². The van der Waals surface area contributed by atoms with E-state index in [1.165, 1.54) is 0 Å². The molecule has 2 rings (SSSR count). The van der Waals surface area contributed by atoms with Crippen LogP contribution in [-0.4, -0.2) is 45.3 Å². The lowest BCUT2D eigenvalue weighted by atomic mass is 10.1. The van der Waals surface area contributed by atoms with Crippen molar-refractivity contribution in [3.63, 3.8) is 0 Å². The van der Waals surface area contributed by atoms with Gasteiger partial charge in [-0.3, -0.25) is 9.59 Å². The van der Waals surface area contributed by atoms with Crippen molar-refractivity contribution in [2.24, 2.45) is 0 Å². The van der Waals surface area contributed by atoms with E-state index in [0.29, 0.717) is 24.7 Å². The Morgan fingerprint density at radius 3 is 2.42 bits per heavy atom. The number of amides is 2. The minimum atomic E-state index is -0.788. The molecular weight excluding hydrogens is 443 g/mol. The fourth-order valence-electron chi connectivity index (χ4n) is 2.75. The highest BCUT2D eigenvalue weighted by atomic mass is 35.5. The van der Waals surface area contributed by atoms with E-state index in [-0.39, 0.29) is 27.6 Å². The minimum absolute atomic E-state index is 0.141. The summed E-state index contributed by atoms with van der Waals surface area (Å²) in [5, 5.41) is 5.91. The van der Waals surface area contributed by atoms with Crippen LogP contribution in [0.15, 0.2) is 36.4 Å². The highest BCUT2D eigenvalue weighted by Crippen LogP contribution is 2.30. The monoisotopic (exact) mass is 468 g/mol. The first-order valence-corrected chi connectivity index (χ1v) is 10.4. The molecule has 0 saturated carbocycles. The number of methoxy groups -OCH3 is 2. The summed E-state index contributed by atoms with van der Waals surface area (Å²) < 4.78 is 16.0. The van der Waals surface area contributed by atoms with Crippen molar-refractivity contribution in [1.82, 2.24) is 10.6 Å². The molecule has 0 spiro atoms. The molecule has 7 nitrogen and oxygen atoms in total. The Bertz CT molecular complexity index is 923. The second kappa shape index (κ2) is 11.8. The maximum absolute atomic E-state index is 12.6. The maximum Gasteiger partial charge on any atom is 0.253 e. The lowest BCUT2D eigenvalue weighted by Gasteiger charge is -2.20. The zero-order valence-corrected chi connectivity index (χ0v) is 19.3. The van der Waals surface area contributed by atoms with Crippen LogP contribution in [0.5, 0.6) is 11.5 Å². The molecule has 0 aliphatic heterocycles. The number of ether oxygens (including phenoxy) is 3. The van der Waals surface area contributed by atoms with Gasteiger partial charge in [0, 0.05) is 7.11 Å². The van der Waals surface area contributed by atoms with Crippen molar-refractivity contribution in [2.75, 3.05) is 27.4 Å². The van der Waals surface area contributed by atoms with Gasteiger partial charge in [0.1, 0.15) is 12.6 Å². The molecule has 2 aromatic carbocycles. The van der Waals surface area contributed by atoms with Crippen LogP contribution < -0.4 is 20.1 Å². The van der Waals surface area contributed by atoms with Crippen LogP contribution >= 0.6 is 23.2 Å². The number of nitrogens with one attached hydrogen (secondary N) is 2. The third kappa shape index (κ3) is 6.75. The van der Waals surface area contributed by atoms with Gasteiger partial charge in [-0.1, -0.05) is 35.3 Å². The van der Waals surface area contributed by atoms with Gasteiger partial charge in [0.05, 0.1) is 35.4 Å². The molecule has 2 N–H and O–H groups in total. The second-order valence-electron chi connectivity index (χ2n) is 6.78. The number of hydrogen-bond donors (Lipinski definition) is 2. The largest absolute Gasteiger partial charge is 0.493 e. The van der Waals surface area contributed by atoms with Gasteiger partial charge in [0.25, 0.3) is 5.91 Å². The SMILES string of the molecule is COCCOc1ccc(C(C)NC(=O)C(C)NC(=O)c2cccc(Cl)c2Cl)cc1OC. The normalized spacial score (nSPS) is 12.6. The van der Waals surface area contributed by atoms with Crippen LogP contribution in [0.2, 0.25) is 10.0 Å². The number of halogens is 2. The number of rotatable bonds is 10. The van der Waals surface area contributed by atoms with Gasteiger partial charge in [-0.2, -0.15) is 0 Å². The molecule has 31 heavy (non-hydrogen) atoms. The Hall–Kier alpha value is -2.48. The van der Waals surface area contributed by atoms with Crippen molar-refractivity contribution in [3.8, 4) is 11.5 Å². The number of carbonyl (C=O) groups is 2. The van der Waals surface area contributed by atoms with Crippen molar-refractivity contribution >= 4 is 35.0 Å². The highest BCUT2D eigenvalue weighted by Gasteiger charge is 2.21. The summed E-state index contributed by atoms with van der Waals surface area (Å²) in [6, 6.07) is 9.03. The minimum Gasteiger partial charge on any atom is -0.493 e. The molecule has 0 radical (unpaired) electrons. The van der Waals surface area contributed by atoms with E-state index < -0.39 is 11.9 Å². The predicted octanol–water partition coefficient (Wildman–Crippen LogP) is 4.02. The van der Waals surface area contributed by atoms with Crippen molar-refractivity contribution in [2.45, 2.75) is 25.9 Å². The zero-order chi connectivity index (χ0) is 23.0. The Morgan fingerprint density at radius 2 is 1.74 bits per heavy atom. The Morgan fingerprint density at radius 1 is 1.00 bits per heavy atom. The Kier molecular flexibility index (Phi) is 9.43. The number of benzene rings is 2. The smallest absolute Gasteiger partial charge is 0.253 e. The van der Waals surface area contributed by atoms with Crippen LogP contribution in [0.25, 0.3) is 0 Å². The van der Waals surface area contributed by atoms with Crippen molar-refractivity contribution in [3.05, 3.63) is 57.6 Å². The molecule has 0 aliphatic carbocycles. The molecule has 2 unspecified atom stereocenters. The van der Waals surface area contributed by atoms with Crippen LogP contribution in [0, 0.1) is 0 Å². The molecule has 0 fully saturated rings. The summed E-state index contributed by atoms with van der Waals surface area (Å²) in [4.78, 5) is 25.0. The van der Waals surface area contributed by atoms with Crippen LogP contribution in [-0.2, 0) is 9.53 Å². The summed E-state index contributed by atoms with van der Waals surface area (Å²) in [6.07, 6.45) is 0. The van der Waals surface area contributed by atoms with E-state index in [0.717, 1.165) is 5.56 Å². The molecule has 0 aromatic heterocycles. The lowest BCUT2D eigenvalue weighted by Crippen LogP contribution is -2.45. The molecule has 168 valence electrons. The van der Waals surface area contributed by atoms with E-state index in [4.69, 9.17) is 37.4 Å². The van der Waals surface area contributed by atoms with Crippen LogP contribution in [0.3, 0.4) is 0 Å². The highest BCUT2D eigenvalue weighted by molar-refractivity contribution is 6.43. The van der Waals surface area contributed by atoms with E-state index in [1.54, 1.807) is 51.5 Å². The summed E-state index contributed by atoms with van der Waals surface area (Å²) in [5.41, 5.74) is 1.02. The average Bonchev–Trinajstić information content (AvgIpc) is 2.75. The molecule has 0 bridgehead atoms. The molecular formula is C22H26Cl2N2O5. The number of hydrogen-bond acceptors (Lipinski definition) is 5. The molecule has 2 amide bonds. The average molecular weight is 469 g/mol. The molecule has 0 saturated heterocycles. The van der Waals surface area contributed by atoms with Gasteiger partial charge >= 0.3 is 0 Å². The van der Waals surface area contributed by atoms with Crippen molar-refractivity contribution < 1.29 is 23.8 Å². The maximum atomic E-state index is 12.6. The molecule has 9 heteroatoms. The van der Waals surface area contributed by atoms with Gasteiger partial charge in [0.2, 0.25) is 5.91 Å². The summed E-state index contributed by atoms with van der Waals surface area (Å²) in [6.45, 7) is 4.28.